The summed E-state index contributed by atoms with van der Waals surface area (Å²) < 4.78 is 31.1. The molecule has 0 radical (unpaired) electrons. The Hall–Kier alpha value is -0.130. The predicted octanol–water partition coefficient (Wildman–Crippen LogP) is 1.75. The number of sulfone groups is 1. The van der Waals surface area contributed by atoms with Gasteiger partial charge in [-0.15, -0.1) is 0 Å². The Morgan fingerprint density at radius 1 is 1.16 bits per heavy atom. The molecule has 0 aromatic heterocycles. The van der Waals surface area contributed by atoms with E-state index in [1.54, 1.807) is 0 Å². The molecular formula is C14H27NO3S. The highest BCUT2D eigenvalue weighted by Crippen LogP contribution is 2.40. The molecule has 1 heterocycles. The second-order valence-electron chi connectivity index (χ2n) is 6.59. The molecule has 112 valence electrons. The number of nitrogens with one attached hydrogen (secondary N) is 1. The van der Waals surface area contributed by atoms with Gasteiger partial charge in [0.05, 0.1) is 10.5 Å². The van der Waals surface area contributed by atoms with Crippen molar-refractivity contribution in [3.63, 3.8) is 0 Å². The summed E-state index contributed by atoms with van der Waals surface area (Å²) in [7, 11) is -1.17. The zero-order valence-electron chi connectivity index (χ0n) is 12.3. The molecule has 19 heavy (non-hydrogen) atoms. The van der Waals surface area contributed by atoms with Crippen LogP contribution in [0.15, 0.2) is 0 Å². The molecule has 1 N–H and O–H groups in total. The third-order valence-electron chi connectivity index (χ3n) is 4.89. The Kier molecular flexibility index (Phi) is 4.58. The smallest absolute Gasteiger partial charge is 0.157 e. The van der Waals surface area contributed by atoms with Crippen LogP contribution in [0.5, 0.6) is 0 Å². The van der Waals surface area contributed by atoms with E-state index in [0.717, 1.165) is 19.3 Å². The monoisotopic (exact) mass is 289 g/mol. The molecule has 0 spiro atoms. The van der Waals surface area contributed by atoms with Gasteiger partial charge in [0.2, 0.25) is 0 Å². The van der Waals surface area contributed by atoms with Crippen LogP contribution in [-0.2, 0) is 14.6 Å². The molecule has 5 heteroatoms. The summed E-state index contributed by atoms with van der Waals surface area (Å²) in [5, 5.41) is 2.85. The lowest BCUT2D eigenvalue weighted by molar-refractivity contribution is 0.0974. The molecule has 0 aromatic carbocycles. The van der Waals surface area contributed by atoms with E-state index in [-0.39, 0.29) is 22.0 Å². The Balaban J connectivity index is 2.22. The van der Waals surface area contributed by atoms with E-state index in [1.165, 1.54) is 0 Å². The molecule has 0 bridgehead atoms. The minimum absolute atomic E-state index is 0.0515. The summed E-state index contributed by atoms with van der Waals surface area (Å²) in [6, 6.07) is 0.0640. The van der Waals surface area contributed by atoms with Crippen LogP contribution in [0.3, 0.4) is 0 Å². The lowest BCUT2D eigenvalue weighted by atomic mass is 9.73. The van der Waals surface area contributed by atoms with Crippen LogP contribution >= 0.6 is 0 Å². The molecule has 1 aliphatic carbocycles. The van der Waals surface area contributed by atoms with Gasteiger partial charge in [0, 0.05) is 19.3 Å². The van der Waals surface area contributed by atoms with Gasteiger partial charge in [-0.25, -0.2) is 8.42 Å². The van der Waals surface area contributed by atoms with E-state index in [2.05, 4.69) is 19.2 Å². The Morgan fingerprint density at radius 2 is 1.79 bits per heavy atom. The van der Waals surface area contributed by atoms with E-state index >= 15 is 0 Å². The molecule has 1 saturated heterocycles. The van der Waals surface area contributed by atoms with Crippen LogP contribution in [0.4, 0.5) is 0 Å². The Morgan fingerprint density at radius 3 is 2.37 bits per heavy atom. The first-order valence-electron chi connectivity index (χ1n) is 7.37. The highest BCUT2D eigenvalue weighted by Gasteiger charge is 2.46. The van der Waals surface area contributed by atoms with Crippen molar-refractivity contribution in [1.82, 2.24) is 5.32 Å². The van der Waals surface area contributed by atoms with E-state index in [0.29, 0.717) is 26.1 Å². The molecular weight excluding hydrogens is 262 g/mol. The number of hydrogen-bond donors (Lipinski definition) is 1. The summed E-state index contributed by atoms with van der Waals surface area (Å²) in [5.74, 6) is 0. The van der Waals surface area contributed by atoms with Gasteiger partial charge in [0.1, 0.15) is 0 Å². The summed E-state index contributed by atoms with van der Waals surface area (Å²) in [6.45, 7) is 5.54. The molecule has 1 aliphatic heterocycles. The fourth-order valence-electron chi connectivity index (χ4n) is 3.77. The minimum atomic E-state index is -3.06. The molecule has 2 atom stereocenters. The van der Waals surface area contributed by atoms with Crippen LogP contribution in [0, 0.1) is 5.41 Å². The lowest BCUT2D eigenvalue weighted by Gasteiger charge is -2.44. The van der Waals surface area contributed by atoms with Crippen molar-refractivity contribution in [1.29, 1.82) is 0 Å². The highest BCUT2D eigenvalue weighted by atomic mass is 32.2. The molecule has 4 nitrogen and oxygen atoms in total. The third-order valence-corrected chi connectivity index (χ3v) is 7.64. The highest BCUT2D eigenvalue weighted by molar-refractivity contribution is 7.92. The summed E-state index contributed by atoms with van der Waals surface area (Å²) in [5.41, 5.74) is 0.0515. The molecule has 2 fully saturated rings. The molecule has 2 aliphatic rings. The summed E-state index contributed by atoms with van der Waals surface area (Å²) in [6.07, 6.45) is 4.23. The van der Waals surface area contributed by atoms with Gasteiger partial charge < -0.3 is 10.1 Å². The van der Waals surface area contributed by atoms with E-state index in [9.17, 15) is 8.42 Å². The van der Waals surface area contributed by atoms with Crippen molar-refractivity contribution in [2.24, 2.45) is 5.41 Å². The first kappa shape index (κ1) is 15.3. The molecule has 0 amide bonds. The second-order valence-corrected chi connectivity index (χ2v) is 9.04. The molecule has 0 aromatic rings. The van der Waals surface area contributed by atoms with Gasteiger partial charge in [-0.1, -0.05) is 20.3 Å². The SMILES string of the molecule is CNC1C(S(=O)(=O)C2CCOCC2)CCCC1(C)C. The maximum atomic E-state index is 12.9. The maximum absolute atomic E-state index is 12.9. The zero-order chi connectivity index (χ0) is 14.1. The normalized spacial score (nSPS) is 33.2. The summed E-state index contributed by atoms with van der Waals surface area (Å²) >= 11 is 0. The largest absolute Gasteiger partial charge is 0.381 e. The maximum Gasteiger partial charge on any atom is 0.157 e. The van der Waals surface area contributed by atoms with E-state index in [4.69, 9.17) is 4.74 Å². The first-order valence-corrected chi connectivity index (χ1v) is 8.98. The average Bonchev–Trinajstić information content (AvgIpc) is 2.38. The van der Waals surface area contributed by atoms with Crippen LogP contribution in [0.1, 0.15) is 46.0 Å². The van der Waals surface area contributed by atoms with Gasteiger partial charge >= 0.3 is 0 Å². The molecule has 2 rings (SSSR count). The lowest BCUT2D eigenvalue weighted by Crippen LogP contribution is -2.56. The van der Waals surface area contributed by atoms with Gasteiger partial charge in [-0.05, 0) is 38.1 Å². The Labute approximate surface area is 117 Å². The standard InChI is InChI=1S/C14H27NO3S/c1-14(2)8-4-5-12(13(14)15-3)19(16,17)11-6-9-18-10-7-11/h11-13,15H,4-10H2,1-3H3. The molecule has 2 unspecified atom stereocenters. The van der Waals surface area contributed by atoms with Crippen LogP contribution in [0.2, 0.25) is 0 Å². The van der Waals surface area contributed by atoms with E-state index < -0.39 is 9.84 Å². The van der Waals surface area contributed by atoms with E-state index in [1.807, 2.05) is 7.05 Å². The summed E-state index contributed by atoms with van der Waals surface area (Å²) in [4.78, 5) is 0. The number of rotatable bonds is 3. The number of hydrogen-bond acceptors (Lipinski definition) is 4. The van der Waals surface area contributed by atoms with Crippen LogP contribution < -0.4 is 5.32 Å². The average molecular weight is 289 g/mol. The van der Waals surface area contributed by atoms with Crippen molar-refractivity contribution in [2.45, 2.75) is 62.5 Å². The van der Waals surface area contributed by atoms with Crippen molar-refractivity contribution < 1.29 is 13.2 Å². The van der Waals surface area contributed by atoms with Gasteiger partial charge in [-0.2, -0.15) is 0 Å². The van der Waals surface area contributed by atoms with Gasteiger partial charge in [-0.3, -0.25) is 0 Å². The van der Waals surface area contributed by atoms with Crippen LogP contribution in [-0.4, -0.2) is 45.2 Å². The van der Waals surface area contributed by atoms with Crippen molar-refractivity contribution in [3.8, 4) is 0 Å². The van der Waals surface area contributed by atoms with Gasteiger partial charge in [0.25, 0.3) is 0 Å². The van der Waals surface area contributed by atoms with Crippen molar-refractivity contribution in [2.75, 3.05) is 20.3 Å². The van der Waals surface area contributed by atoms with Crippen molar-refractivity contribution >= 4 is 9.84 Å². The van der Waals surface area contributed by atoms with Crippen LogP contribution in [0.25, 0.3) is 0 Å². The fourth-order valence-corrected chi connectivity index (χ4v) is 6.49. The first-order chi connectivity index (χ1) is 8.89. The molecule has 1 saturated carbocycles. The third kappa shape index (κ3) is 2.98. The van der Waals surface area contributed by atoms with Crippen molar-refractivity contribution in [3.05, 3.63) is 0 Å². The number of ether oxygens (including phenoxy) is 1. The fraction of sp³-hybridized carbons (Fsp3) is 1.00. The topological polar surface area (TPSA) is 55.4 Å². The Bertz CT molecular complexity index is 399. The van der Waals surface area contributed by atoms with Gasteiger partial charge in [0.15, 0.2) is 9.84 Å². The quantitative estimate of drug-likeness (QED) is 0.860. The second kappa shape index (κ2) is 5.70. The predicted molar refractivity (Wildman–Crippen MR) is 77.0 cm³/mol. The minimum Gasteiger partial charge on any atom is -0.381 e. The zero-order valence-corrected chi connectivity index (χ0v) is 13.1.